The fraction of sp³-hybridized carbons (Fsp3) is 0.818. The fourth-order valence-electron chi connectivity index (χ4n) is 2.49. The zero-order valence-electron chi connectivity index (χ0n) is 9.48. The summed E-state index contributed by atoms with van der Waals surface area (Å²) in [6.45, 7) is 3.19. The Morgan fingerprint density at radius 2 is 2.06 bits per heavy atom. The molecule has 0 amide bonds. The van der Waals surface area contributed by atoms with E-state index in [-0.39, 0.29) is 6.04 Å². The van der Waals surface area contributed by atoms with Gasteiger partial charge in [0.05, 0.1) is 6.04 Å². The van der Waals surface area contributed by atoms with E-state index >= 15 is 0 Å². The molecule has 88 valence electrons. The summed E-state index contributed by atoms with van der Waals surface area (Å²) in [5.74, 6) is 1.54. The molecule has 3 heterocycles. The maximum absolute atomic E-state index is 5.34. The molecule has 0 aromatic carbocycles. The van der Waals surface area contributed by atoms with Gasteiger partial charge in [-0.3, -0.25) is 0 Å². The van der Waals surface area contributed by atoms with Gasteiger partial charge in [0.1, 0.15) is 0 Å². The fourth-order valence-corrected chi connectivity index (χ4v) is 2.49. The molecule has 2 aliphatic rings. The summed E-state index contributed by atoms with van der Waals surface area (Å²) in [6, 6.07) is 0.283. The molecule has 0 aliphatic carbocycles. The predicted molar refractivity (Wildman–Crippen MR) is 60.3 cm³/mol. The van der Waals surface area contributed by atoms with Gasteiger partial charge in [-0.25, -0.2) is 0 Å². The molecule has 2 saturated heterocycles. The van der Waals surface area contributed by atoms with Crippen molar-refractivity contribution in [3.8, 4) is 0 Å². The Balaban J connectivity index is 1.71. The molecule has 0 saturated carbocycles. The number of anilines is 1. The number of piperidine rings is 1. The molecule has 16 heavy (non-hydrogen) atoms. The number of hydrogen-bond acceptors (Lipinski definition) is 5. The van der Waals surface area contributed by atoms with Gasteiger partial charge in [-0.05, 0) is 43.8 Å². The van der Waals surface area contributed by atoms with Gasteiger partial charge in [0.2, 0.25) is 5.89 Å². The lowest BCUT2D eigenvalue weighted by Crippen LogP contribution is -2.30. The molecule has 0 radical (unpaired) electrons. The van der Waals surface area contributed by atoms with E-state index in [1.807, 2.05) is 0 Å². The Morgan fingerprint density at radius 1 is 1.19 bits per heavy atom. The molecule has 5 nitrogen and oxygen atoms in total. The molecule has 1 atom stereocenters. The monoisotopic (exact) mass is 222 g/mol. The first-order valence-electron chi connectivity index (χ1n) is 6.25. The van der Waals surface area contributed by atoms with Gasteiger partial charge in [-0.1, -0.05) is 0 Å². The van der Waals surface area contributed by atoms with Crippen LogP contribution in [0.5, 0.6) is 0 Å². The van der Waals surface area contributed by atoms with Gasteiger partial charge in [0, 0.05) is 13.1 Å². The van der Waals surface area contributed by atoms with E-state index < -0.39 is 0 Å². The Labute approximate surface area is 95.2 Å². The minimum absolute atomic E-state index is 0.283. The zero-order chi connectivity index (χ0) is 10.8. The van der Waals surface area contributed by atoms with E-state index in [1.165, 1.54) is 25.7 Å². The third kappa shape index (κ3) is 1.91. The third-order valence-corrected chi connectivity index (χ3v) is 3.43. The van der Waals surface area contributed by atoms with E-state index in [9.17, 15) is 0 Å². The largest absolute Gasteiger partial charge is 0.338 e. The van der Waals surface area contributed by atoms with Crippen molar-refractivity contribution in [2.45, 2.75) is 38.1 Å². The highest BCUT2D eigenvalue weighted by Crippen LogP contribution is 2.24. The molecular weight excluding hydrogens is 204 g/mol. The van der Waals surface area contributed by atoms with Crippen molar-refractivity contribution in [3.05, 3.63) is 5.89 Å². The lowest BCUT2D eigenvalue weighted by molar-refractivity contribution is 0.343. The van der Waals surface area contributed by atoms with Crippen LogP contribution < -0.4 is 10.2 Å². The van der Waals surface area contributed by atoms with Gasteiger partial charge in [0.15, 0.2) is 0 Å². The van der Waals surface area contributed by atoms with Crippen LogP contribution in [0.2, 0.25) is 0 Å². The minimum atomic E-state index is 0.283. The summed E-state index contributed by atoms with van der Waals surface area (Å²) < 4.78 is 5.34. The second-order valence-corrected chi connectivity index (χ2v) is 4.63. The Morgan fingerprint density at radius 3 is 2.81 bits per heavy atom. The Hall–Kier alpha value is -1.10. The molecule has 0 bridgehead atoms. The van der Waals surface area contributed by atoms with Gasteiger partial charge < -0.3 is 14.7 Å². The van der Waals surface area contributed by atoms with Gasteiger partial charge in [-0.15, -0.1) is 0 Å². The van der Waals surface area contributed by atoms with Crippen molar-refractivity contribution in [1.29, 1.82) is 0 Å². The average Bonchev–Trinajstić information content (AvgIpc) is 3.01. The van der Waals surface area contributed by atoms with Crippen molar-refractivity contribution in [1.82, 2.24) is 15.5 Å². The van der Waals surface area contributed by atoms with E-state index in [4.69, 9.17) is 4.52 Å². The van der Waals surface area contributed by atoms with Crippen molar-refractivity contribution in [3.63, 3.8) is 0 Å². The number of nitrogens with one attached hydrogen (secondary N) is 1. The highest BCUT2D eigenvalue weighted by Gasteiger charge is 2.24. The van der Waals surface area contributed by atoms with E-state index in [2.05, 4.69) is 20.4 Å². The summed E-state index contributed by atoms with van der Waals surface area (Å²) >= 11 is 0. The highest BCUT2D eigenvalue weighted by atomic mass is 16.5. The third-order valence-electron chi connectivity index (χ3n) is 3.43. The first kappa shape index (κ1) is 10.1. The van der Waals surface area contributed by atoms with Crippen molar-refractivity contribution in [2.75, 3.05) is 24.5 Å². The van der Waals surface area contributed by atoms with Gasteiger partial charge in [-0.2, -0.15) is 4.98 Å². The second kappa shape index (κ2) is 4.41. The van der Waals surface area contributed by atoms with E-state index in [0.717, 1.165) is 37.9 Å². The van der Waals surface area contributed by atoms with Crippen molar-refractivity contribution >= 4 is 5.95 Å². The second-order valence-electron chi connectivity index (χ2n) is 4.63. The number of hydrogen-bond donors (Lipinski definition) is 1. The summed E-state index contributed by atoms with van der Waals surface area (Å²) in [7, 11) is 0. The number of aromatic nitrogens is 2. The van der Waals surface area contributed by atoms with Gasteiger partial charge >= 0.3 is 0 Å². The maximum atomic E-state index is 5.34. The summed E-state index contributed by atoms with van der Waals surface area (Å²) in [6.07, 6.45) is 6.12. The molecule has 5 heteroatoms. The normalized spacial score (nSPS) is 26.2. The molecule has 1 aromatic heterocycles. The van der Waals surface area contributed by atoms with Crippen LogP contribution >= 0.6 is 0 Å². The van der Waals surface area contributed by atoms with E-state index in [1.54, 1.807) is 0 Å². The summed E-state index contributed by atoms with van der Waals surface area (Å²) in [5.41, 5.74) is 0. The smallest absolute Gasteiger partial charge is 0.266 e. The van der Waals surface area contributed by atoms with Crippen LogP contribution in [0.25, 0.3) is 0 Å². The zero-order valence-corrected chi connectivity index (χ0v) is 9.48. The van der Waals surface area contributed by atoms with Crippen LogP contribution in [0, 0.1) is 0 Å². The van der Waals surface area contributed by atoms with Crippen LogP contribution in [0.1, 0.15) is 44.0 Å². The average molecular weight is 222 g/mol. The molecule has 2 aliphatic heterocycles. The van der Waals surface area contributed by atoms with Crippen LogP contribution in [0.4, 0.5) is 5.95 Å². The van der Waals surface area contributed by atoms with Crippen LogP contribution in [-0.2, 0) is 0 Å². The Kier molecular flexibility index (Phi) is 2.78. The minimum Gasteiger partial charge on any atom is -0.338 e. The first-order chi connectivity index (χ1) is 7.93. The van der Waals surface area contributed by atoms with Crippen LogP contribution in [0.15, 0.2) is 4.52 Å². The van der Waals surface area contributed by atoms with Crippen LogP contribution in [0.3, 0.4) is 0 Å². The first-order valence-corrected chi connectivity index (χ1v) is 6.25. The standard InChI is InChI=1S/C11H18N4O/c1-2-7-15(8-3-1)11-13-10(16-14-11)9-5-4-6-12-9/h9,12H,1-8H2/t9-/m0/s1. The lowest BCUT2D eigenvalue weighted by atomic mass is 10.1. The molecule has 2 fully saturated rings. The maximum Gasteiger partial charge on any atom is 0.266 e. The quantitative estimate of drug-likeness (QED) is 0.821. The molecule has 3 rings (SSSR count). The number of rotatable bonds is 2. The topological polar surface area (TPSA) is 54.2 Å². The molecule has 1 N–H and O–H groups in total. The van der Waals surface area contributed by atoms with Crippen molar-refractivity contribution in [2.24, 2.45) is 0 Å². The summed E-state index contributed by atoms with van der Waals surface area (Å²) in [4.78, 5) is 6.73. The number of nitrogens with zero attached hydrogens (tertiary/aromatic N) is 3. The van der Waals surface area contributed by atoms with Crippen molar-refractivity contribution < 1.29 is 4.52 Å². The molecule has 0 spiro atoms. The predicted octanol–water partition coefficient (Wildman–Crippen LogP) is 1.48. The highest BCUT2D eigenvalue weighted by molar-refractivity contribution is 5.28. The lowest BCUT2D eigenvalue weighted by Gasteiger charge is -2.24. The SMILES string of the molecule is C1CCN(c2noc([C@@H]3CCCN3)n2)CC1. The summed E-state index contributed by atoms with van der Waals surface area (Å²) in [5, 5.41) is 7.46. The molecule has 0 unspecified atom stereocenters. The molecule has 1 aromatic rings. The van der Waals surface area contributed by atoms with Crippen LogP contribution in [-0.4, -0.2) is 29.8 Å². The van der Waals surface area contributed by atoms with Gasteiger partial charge in [0.25, 0.3) is 5.95 Å². The Bertz CT molecular complexity index is 340. The van der Waals surface area contributed by atoms with E-state index in [0.29, 0.717) is 0 Å². The molecular formula is C11H18N4O.